The average Bonchev–Trinajstić information content (AvgIpc) is 2.27. The lowest BCUT2D eigenvalue weighted by molar-refractivity contribution is 0.233. The first kappa shape index (κ1) is 10.4. The maximum Gasteiger partial charge on any atom is 0.215 e. The van der Waals surface area contributed by atoms with Gasteiger partial charge in [0, 0.05) is 11.5 Å². The fraction of sp³-hybridized carbons (Fsp3) is 0.231. The molecule has 2 rings (SSSR count). The van der Waals surface area contributed by atoms with Gasteiger partial charge in [0.1, 0.15) is 6.07 Å². The number of hydrogen-bond donors (Lipinski definition) is 0. The summed E-state index contributed by atoms with van der Waals surface area (Å²) in [4.78, 5) is 4.35. The maximum absolute atomic E-state index is 9.06. The van der Waals surface area contributed by atoms with Gasteiger partial charge in [-0.05, 0) is 19.9 Å². The van der Waals surface area contributed by atoms with Crippen LogP contribution < -0.4 is 4.74 Å². The highest BCUT2D eigenvalue weighted by Gasteiger charge is 2.06. The van der Waals surface area contributed by atoms with Crippen LogP contribution in [0, 0.1) is 11.3 Å². The normalized spacial score (nSPS) is 10.4. The van der Waals surface area contributed by atoms with E-state index >= 15 is 0 Å². The smallest absolute Gasteiger partial charge is 0.215 e. The molecule has 3 nitrogen and oxygen atoms in total. The summed E-state index contributed by atoms with van der Waals surface area (Å²) in [6, 6.07) is 11.4. The van der Waals surface area contributed by atoms with Crippen molar-refractivity contribution in [3.8, 4) is 11.9 Å². The molecule has 2 aromatic rings. The highest BCUT2D eigenvalue weighted by Crippen LogP contribution is 2.21. The number of ether oxygens (including phenoxy) is 1. The second kappa shape index (κ2) is 4.19. The molecule has 0 spiro atoms. The predicted molar refractivity (Wildman–Crippen MR) is 62.2 cm³/mol. The first-order valence-electron chi connectivity index (χ1n) is 5.17. The zero-order chi connectivity index (χ0) is 11.5. The van der Waals surface area contributed by atoms with E-state index in [2.05, 4.69) is 11.1 Å². The van der Waals surface area contributed by atoms with Crippen LogP contribution in [-0.2, 0) is 0 Å². The number of aromatic nitrogens is 1. The van der Waals surface area contributed by atoms with Gasteiger partial charge < -0.3 is 4.74 Å². The van der Waals surface area contributed by atoms with E-state index < -0.39 is 0 Å². The molecule has 16 heavy (non-hydrogen) atoms. The Bertz CT molecular complexity index is 555. The Morgan fingerprint density at radius 3 is 2.75 bits per heavy atom. The lowest BCUT2D eigenvalue weighted by Crippen LogP contribution is -2.07. The van der Waals surface area contributed by atoms with Gasteiger partial charge in [0.25, 0.3) is 0 Å². The fourth-order valence-electron chi connectivity index (χ4n) is 1.55. The van der Waals surface area contributed by atoms with Crippen molar-refractivity contribution >= 4 is 10.9 Å². The molecule has 1 aromatic carbocycles. The van der Waals surface area contributed by atoms with Gasteiger partial charge >= 0.3 is 0 Å². The molecular weight excluding hydrogens is 200 g/mol. The van der Waals surface area contributed by atoms with Gasteiger partial charge in [0.2, 0.25) is 5.88 Å². The standard InChI is InChI=1S/C13H12N2O/c1-9(2)16-13-7-10(8-14)11-5-3-4-6-12(11)15-13/h3-7,9H,1-2H3. The van der Waals surface area contributed by atoms with Crippen molar-refractivity contribution < 1.29 is 4.74 Å². The second-order valence-corrected chi connectivity index (χ2v) is 3.80. The molecule has 0 bridgehead atoms. The monoisotopic (exact) mass is 212 g/mol. The van der Waals surface area contributed by atoms with Crippen molar-refractivity contribution in [1.29, 1.82) is 5.26 Å². The topological polar surface area (TPSA) is 45.9 Å². The third kappa shape index (κ3) is 1.96. The summed E-state index contributed by atoms with van der Waals surface area (Å²) >= 11 is 0. The summed E-state index contributed by atoms with van der Waals surface area (Å²) in [5.74, 6) is 0.505. The molecule has 0 fully saturated rings. The molecule has 80 valence electrons. The fourth-order valence-corrected chi connectivity index (χ4v) is 1.55. The molecule has 0 atom stereocenters. The largest absolute Gasteiger partial charge is 0.475 e. The van der Waals surface area contributed by atoms with E-state index in [0.29, 0.717) is 11.4 Å². The van der Waals surface area contributed by atoms with Crippen LogP contribution >= 0.6 is 0 Å². The van der Waals surface area contributed by atoms with Crippen LogP contribution in [0.2, 0.25) is 0 Å². The summed E-state index contributed by atoms with van der Waals surface area (Å²) in [5.41, 5.74) is 1.39. The Morgan fingerprint density at radius 2 is 2.06 bits per heavy atom. The number of pyridine rings is 1. The van der Waals surface area contributed by atoms with Gasteiger partial charge in [-0.2, -0.15) is 5.26 Å². The minimum Gasteiger partial charge on any atom is -0.475 e. The predicted octanol–water partition coefficient (Wildman–Crippen LogP) is 2.89. The molecule has 1 heterocycles. The molecule has 0 saturated carbocycles. The number of rotatable bonds is 2. The van der Waals surface area contributed by atoms with Crippen molar-refractivity contribution in [3.05, 3.63) is 35.9 Å². The van der Waals surface area contributed by atoms with Crippen LogP contribution in [-0.4, -0.2) is 11.1 Å². The SMILES string of the molecule is CC(C)Oc1cc(C#N)c2ccccc2n1. The zero-order valence-electron chi connectivity index (χ0n) is 9.27. The lowest BCUT2D eigenvalue weighted by Gasteiger charge is -2.09. The van der Waals surface area contributed by atoms with Crippen molar-refractivity contribution in [2.75, 3.05) is 0 Å². The second-order valence-electron chi connectivity index (χ2n) is 3.80. The Kier molecular flexibility index (Phi) is 2.74. The van der Waals surface area contributed by atoms with Gasteiger partial charge in [-0.3, -0.25) is 0 Å². The minimum absolute atomic E-state index is 0.0557. The van der Waals surface area contributed by atoms with Crippen molar-refractivity contribution in [2.24, 2.45) is 0 Å². The molecular formula is C13H12N2O. The number of benzene rings is 1. The van der Waals surface area contributed by atoms with E-state index in [1.807, 2.05) is 38.1 Å². The third-order valence-electron chi connectivity index (χ3n) is 2.17. The molecule has 3 heteroatoms. The van der Waals surface area contributed by atoms with E-state index in [1.165, 1.54) is 0 Å². The maximum atomic E-state index is 9.06. The van der Waals surface area contributed by atoms with Gasteiger partial charge in [-0.1, -0.05) is 18.2 Å². The number of nitrogens with zero attached hydrogens (tertiary/aromatic N) is 2. The van der Waals surface area contributed by atoms with E-state index in [4.69, 9.17) is 10.00 Å². The first-order valence-corrected chi connectivity index (χ1v) is 5.17. The summed E-state index contributed by atoms with van der Waals surface area (Å²) < 4.78 is 5.50. The molecule has 0 saturated heterocycles. The molecule has 0 aliphatic rings. The van der Waals surface area contributed by atoms with Crippen molar-refractivity contribution in [3.63, 3.8) is 0 Å². The number of fused-ring (bicyclic) bond motifs is 1. The molecule has 0 unspecified atom stereocenters. The molecule has 0 N–H and O–H groups in total. The zero-order valence-corrected chi connectivity index (χ0v) is 9.27. The van der Waals surface area contributed by atoms with Crippen LogP contribution in [0.1, 0.15) is 19.4 Å². The molecule has 0 aliphatic carbocycles. The Labute approximate surface area is 94.3 Å². The minimum atomic E-state index is 0.0557. The lowest BCUT2D eigenvalue weighted by atomic mass is 10.1. The third-order valence-corrected chi connectivity index (χ3v) is 2.17. The van der Waals surface area contributed by atoms with Gasteiger partial charge in [-0.15, -0.1) is 0 Å². The molecule has 0 amide bonds. The number of para-hydroxylation sites is 1. The quantitative estimate of drug-likeness (QED) is 0.768. The summed E-state index contributed by atoms with van der Waals surface area (Å²) in [7, 11) is 0. The van der Waals surface area contributed by atoms with Crippen molar-refractivity contribution in [1.82, 2.24) is 4.98 Å². The van der Waals surface area contributed by atoms with Gasteiger partial charge in [-0.25, -0.2) is 4.98 Å². The van der Waals surface area contributed by atoms with Gasteiger partial charge in [0.15, 0.2) is 0 Å². The summed E-state index contributed by atoms with van der Waals surface area (Å²) in [6.07, 6.45) is 0.0557. The van der Waals surface area contributed by atoms with Gasteiger partial charge in [0.05, 0.1) is 17.2 Å². The number of hydrogen-bond acceptors (Lipinski definition) is 3. The highest BCUT2D eigenvalue weighted by molar-refractivity contribution is 5.85. The highest BCUT2D eigenvalue weighted by atomic mass is 16.5. The van der Waals surface area contributed by atoms with Crippen LogP contribution in [0.5, 0.6) is 5.88 Å². The molecule has 0 aliphatic heterocycles. The number of nitriles is 1. The van der Waals surface area contributed by atoms with Crippen LogP contribution in [0.3, 0.4) is 0 Å². The van der Waals surface area contributed by atoms with Crippen LogP contribution in [0.4, 0.5) is 0 Å². The average molecular weight is 212 g/mol. The van der Waals surface area contributed by atoms with Crippen LogP contribution in [0.25, 0.3) is 10.9 Å². The Hall–Kier alpha value is -2.08. The summed E-state index contributed by atoms with van der Waals surface area (Å²) in [5, 5.41) is 9.92. The Morgan fingerprint density at radius 1 is 1.31 bits per heavy atom. The Balaban J connectivity index is 2.60. The first-order chi connectivity index (χ1) is 7.70. The van der Waals surface area contributed by atoms with E-state index in [0.717, 1.165) is 10.9 Å². The van der Waals surface area contributed by atoms with Crippen LogP contribution in [0.15, 0.2) is 30.3 Å². The van der Waals surface area contributed by atoms with Crippen molar-refractivity contribution in [2.45, 2.75) is 20.0 Å². The van der Waals surface area contributed by atoms with E-state index in [-0.39, 0.29) is 6.10 Å². The summed E-state index contributed by atoms with van der Waals surface area (Å²) in [6.45, 7) is 3.87. The van der Waals surface area contributed by atoms with E-state index in [9.17, 15) is 0 Å². The van der Waals surface area contributed by atoms with E-state index in [1.54, 1.807) is 6.07 Å². The molecule has 1 aromatic heterocycles. The molecule has 0 radical (unpaired) electrons.